The Morgan fingerprint density at radius 3 is 2.19 bits per heavy atom. The van der Waals surface area contributed by atoms with Crippen LogP contribution in [0.2, 0.25) is 0 Å². The monoisotopic (exact) mass is 224 g/mol. The van der Waals surface area contributed by atoms with Gasteiger partial charge in [0.1, 0.15) is 0 Å². The third-order valence-corrected chi connectivity index (χ3v) is 4.37. The molecule has 2 fully saturated rings. The van der Waals surface area contributed by atoms with Gasteiger partial charge in [-0.15, -0.1) is 0 Å². The first-order chi connectivity index (χ1) is 7.77. The molecule has 0 bridgehead atoms. The molecule has 0 unspecified atom stereocenters. The maximum absolute atomic E-state index is 12.3. The van der Waals surface area contributed by atoms with Gasteiger partial charge in [-0.1, -0.05) is 25.7 Å². The van der Waals surface area contributed by atoms with Crippen molar-refractivity contribution in [3.63, 3.8) is 0 Å². The lowest BCUT2D eigenvalue weighted by molar-refractivity contribution is -0.132. The highest BCUT2D eigenvalue weighted by atomic mass is 16.2. The summed E-state index contributed by atoms with van der Waals surface area (Å²) in [6.45, 7) is 0.519. The number of amides is 1. The molecule has 3 N–H and O–H groups in total. The first kappa shape index (κ1) is 11.9. The van der Waals surface area contributed by atoms with E-state index in [1.54, 1.807) is 0 Å². The van der Waals surface area contributed by atoms with Crippen LogP contribution in [0.25, 0.3) is 0 Å². The van der Waals surface area contributed by atoms with E-state index in [0.29, 0.717) is 12.6 Å². The van der Waals surface area contributed by atoms with Crippen molar-refractivity contribution >= 4 is 5.91 Å². The summed E-state index contributed by atoms with van der Waals surface area (Å²) < 4.78 is 0. The van der Waals surface area contributed by atoms with E-state index in [2.05, 4.69) is 5.32 Å². The SMILES string of the molecule is NCC1(C(=O)NC2CCC2)CCCCCC1. The second-order valence-electron chi connectivity index (χ2n) is 5.50. The zero-order valence-corrected chi connectivity index (χ0v) is 10.1. The average molecular weight is 224 g/mol. The lowest BCUT2D eigenvalue weighted by Gasteiger charge is -2.34. The van der Waals surface area contributed by atoms with E-state index in [0.717, 1.165) is 38.5 Å². The summed E-state index contributed by atoms with van der Waals surface area (Å²) in [7, 11) is 0. The molecule has 0 spiro atoms. The fourth-order valence-corrected chi connectivity index (χ4v) is 2.82. The van der Waals surface area contributed by atoms with Gasteiger partial charge in [-0.25, -0.2) is 0 Å². The summed E-state index contributed by atoms with van der Waals surface area (Å²) in [5.74, 6) is 0.238. The van der Waals surface area contributed by atoms with E-state index >= 15 is 0 Å². The molecule has 2 aliphatic rings. The second-order valence-corrected chi connectivity index (χ2v) is 5.50. The molecule has 0 aromatic rings. The van der Waals surface area contributed by atoms with E-state index in [1.807, 2.05) is 0 Å². The number of rotatable bonds is 3. The lowest BCUT2D eigenvalue weighted by Crippen LogP contribution is -2.50. The highest BCUT2D eigenvalue weighted by Crippen LogP contribution is 2.35. The van der Waals surface area contributed by atoms with E-state index < -0.39 is 0 Å². The van der Waals surface area contributed by atoms with Crippen LogP contribution in [0.3, 0.4) is 0 Å². The molecule has 0 radical (unpaired) electrons. The third kappa shape index (κ3) is 2.40. The van der Waals surface area contributed by atoms with Crippen molar-refractivity contribution in [2.24, 2.45) is 11.1 Å². The number of hydrogen-bond donors (Lipinski definition) is 2. The van der Waals surface area contributed by atoms with Gasteiger partial charge in [0.25, 0.3) is 0 Å². The Morgan fingerprint density at radius 2 is 1.75 bits per heavy atom. The number of nitrogens with two attached hydrogens (primary N) is 1. The van der Waals surface area contributed by atoms with E-state index in [9.17, 15) is 4.79 Å². The van der Waals surface area contributed by atoms with E-state index in [-0.39, 0.29) is 11.3 Å². The van der Waals surface area contributed by atoms with Gasteiger partial charge in [-0.2, -0.15) is 0 Å². The Bertz CT molecular complexity index is 240. The Labute approximate surface area is 98.2 Å². The van der Waals surface area contributed by atoms with Crippen LogP contribution < -0.4 is 11.1 Å². The molecule has 1 amide bonds. The fourth-order valence-electron chi connectivity index (χ4n) is 2.82. The standard InChI is InChI=1S/C13H24N2O/c14-10-13(8-3-1-2-4-9-13)12(16)15-11-6-5-7-11/h11H,1-10,14H2,(H,15,16). The number of carbonyl (C=O) groups is 1. The quantitative estimate of drug-likeness (QED) is 0.720. The van der Waals surface area contributed by atoms with Gasteiger partial charge in [-0.3, -0.25) is 4.79 Å². The highest BCUT2D eigenvalue weighted by Gasteiger charge is 2.38. The summed E-state index contributed by atoms with van der Waals surface area (Å²) >= 11 is 0. The first-order valence-corrected chi connectivity index (χ1v) is 6.78. The van der Waals surface area contributed by atoms with Crippen molar-refractivity contribution in [3.05, 3.63) is 0 Å². The van der Waals surface area contributed by atoms with Gasteiger partial charge in [0.15, 0.2) is 0 Å². The molecule has 0 aromatic carbocycles. The van der Waals surface area contributed by atoms with Gasteiger partial charge in [0.2, 0.25) is 5.91 Å². The molecule has 3 heteroatoms. The summed E-state index contributed by atoms with van der Waals surface area (Å²) in [6, 6.07) is 0.444. The van der Waals surface area contributed by atoms with Crippen LogP contribution in [0.1, 0.15) is 57.8 Å². The molecule has 2 rings (SSSR count). The highest BCUT2D eigenvalue weighted by molar-refractivity contribution is 5.83. The van der Waals surface area contributed by atoms with Crippen LogP contribution in [-0.4, -0.2) is 18.5 Å². The van der Waals surface area contributed by atoms with Crippen LogP contribution in [0.15, 0.2) is 0 Å². The van der Waals surface area contributed by atoms with Crippen LogP contribution in [0.4, 0.5) is 0 Å². The summed E-state index contributed by atoms with van der Waals surface area (Å²) in [5.41, 5.74) is 5.64. The minimum atomic E-state index is -0.244. The van der Waals surface area contributed by atoms with Crippen LogP contribution >= 0.6 is 0 Å². The summed E-state index contributed by atoms with van der Waals surface area (Å²) in [5, 5.41) is 3.19. The van der Waals surface area contributed by atoms with Gasteiger partial charge >= 0.3 is 0 Å². The minimum absolute atomic E-state index is 0.238. The van der Waals surface area contributed by atoms with Crippen molar-refractivity contribution < 1.29 is 4.79 Å². The van der Waals surface area contributed by atoms with Gasteiger partial charge in [-0.05, 0) is 32.1 Å². The predicted octanol–water partition coefficient (Wildman–Crippen LogP) is 1.95. The van der Waals surface area contributed by atoms with Gasteiger partial charge in [0, 0.05) is 12.6 Å². The number of hydrogen-bond acceptors (Lipinski definition) is 2. The molecule has 0 aromatic heterocycles. The zero-order valence-electron chi connectivity index (χ0n) is 10.1. The number of nitrogens with one attached hydrogen (secondary N) is 1. The number of carbonyl (C=O) groups excluding carboxylic acids is 1. The van der Waals surface area contributed by atoms with E-state index in [4.69, 9.17) is 5.73 Å². The van der Waals surface area contributed by atoms with Crippen LogP contribution in [0.5, 0.6) is 0 Å². The van der Waals surface area contributed by atoms with Crippen LogP contribution in [-0.2, 0) is 4.79 Å². The second kappa shape index (κ2) is 5.17. The molecule has 0 heterocycles. The largest absolute Gasteiger partial charge is 0.353 e. The molecule has 3 nitrogen and oxygen atoms in total. The minimum Gasteiger partial charge on any atom is -0.353 e. The Kier molecular flexibility index (Phi) is 3.85. The van der Waals surface area contributed by atoms with Crippen molar-refractivity contribution in [2.45, 2.75) is 63.8 Å². The maximum Gasteiger partial charge on any atom is 0.227 e. The average Bonchev–Trinajstić information content (AvgIpc) is 2.49. The normalized spacial score (nSPS) is 25.6. The van der Waals surface area contributed by atoms with Crippen molar-refractivity contribution in [1.82, 2.24) is 5.32 Å². The molecular formula is C13H24N2O. The molecule has 2 aliphatic carbocycles. The molecule has 16 heavy (non-hydrogen) atoms. The molecular weight excluding hydrogens is 200 g/mol. The predicted molar refractivity (Wildman–Crippen MR) is 65.0 cm³/mol. The van der Waals surface area contributed by atoms with Crippen molar-refractivity contribution in [2.75, 3.05) is 6.54 Å². The summed E-state index contributed by atoms with van der Waals surface area (Å²) in [4.78, 5) is 12.3. The van der Waals surface area contributed by atoms with Crippen molar-refractivity contribution in [3.8, 4) is 0 Å². The van der Waals surface area contributed by atoms with Crippen LogP contribution in [0, 0.1) is 5.41 Å². The zero-order chi connectivity index (χ0) is 11.4. The molecule has 0 atom stereocenters. The Balaban J connectivity index is 1.96. The molecule has 0 saturated heterocycles. The third-order valence-electron chi connectivity index (χ3n) is 4.37. The topological polar surface area (TPSA) is 55.1 Å². The molecule has 92 valence electrons. The van der Waals surface area contributed by atoms with Gasteiger partial charge < -0.3 is 11.1 Å². The van der Waals surface area contributed by atoms with Gasteiger partial charge in [0.05, 0.1) is 5.41 Å². The lowest BCUT2D eigenvalue weighted by atomic mass is 9.78. The Morgan fingerprint density at radius 1 is 1.12 bits per heavy atom. The van der Waals surface area contributed by atoms with Crippen molar-refractivity contribution in [1.29, 1.82) is 0 Å². The summed E-state index contributed by atoms with van der Waals surface area (Å²) in [6.07, 6.45) is 10.4. The van der Waals surface area contributed by atoms with E-state index in [1.165, 1.54) is 19.3 Å². The smallest absolute Gasteiger partial charge is 0.227 e. The molecule has 2 saturated carbocycles. The Hall–Kier alpha value is -0.570. The molecule has 0 aliphatic heterocycles. The fraction of sp³-hybridized carbons (Fsp3) is 0.923. The maximum atomic E-state index is 12.3. The first-order valence-electron chi connectivity index (χ1n) is 6.78.